The van der Waals surface area contributed by atoms with E-state index in [1.54, 1.807) is 12.3 Å². The van der Waals surface area contributed by atoms with Gasteiger partial charge in [-0.2, -0.15) is 0 Å². The third kappa shape index (κ3) is 5.08. The van der Waals surface area contributed by atoms with Gasteiger partial charge < -0.3 is 0 Å². The first-order valence-electron chi connectivity index (χ1n) is 2.00. The van der Waals surface area contributed by atoms with Gasteiger partial charge in [0.2, 0.25) is 0 Å². The van der Waals surface area contributed by atoms with Crippen molar-refractivity contribution in [2.45, 2.75) is 6.92 Å². The molecular formula is C5H8NO+. The molecule has 0 aromatic rings. The van der Waals surface area contributed by atoms with Crippen LogP contribution in [0.15, 0.2) is 30.3 Å². The van der Waals surface area contributed by atoms with Gasteiger partial charge in [0.1, 0.15) is 6.20 Å². The molecular weight excluding hydrogens is 90.1 g/mol. The molecule has 0 aliphatic rings. The molecule has 0 bridgehead atoms. The Morgan fingerprint density at radius 2 is 2.43 bits per heavy atom. The predicted molar refractivity (Wildman–Crippen MR) is 30.8 cm³/mol. The largest absolute Gasteiger partial charge is 0.357 e. The Kier molecular flexibility index (Phi) is 4.41. The molecule has 0 aromatic carbocycles. The first-order valence-corrected chi connectivity index (χ1v) is 2.00. The Labute approximate surface area is 42.8 Å². The van der Waals surface area contributed by atoms with Crippen LogP contribution in [0.5, 0.6) is 0 Å². The van der Waals surface area contributed by atoms with Crippen LogP contribution in [0.4, 0.5) is 0 Å². The second-order valence-corrected chi connectivity index (χ2v) is 0.860. The molecule has 0 fully saturated rings. The average Bonchev–Trinajstić information content (AvgIpc) is 1.69. The lowest BCUT2D eigenvalue weighted by Crippen LogP contribution is -1.45. The van der Waals surface area contributed by atoms with Crippen LogP contribution >= 0.6 is 0 Å². The average molecular weight is 98.1 g/mol. The zero-order valence-electron chi connectivity index (χ0n) is 4.29. The zero-order valence-corrected chi connectivity index (χ0v) is 4.29. The Balaban J connectivity index is 3.27. The highest BCUT2D eigenvalue weighted by atomic mass is 16.5. The van der Waals surface area contributed by atoms with Crippen molar-refractivity contribution < 1.29 is 0 Å². The summed E-state index contributed by atoms with van der Waals surface area (Å²) in [5.41, 5.74) is 0. The molecule has 0 rings (SSSR count). The first-order chi connectivity index (χ1) is 3.41. The molecule has 2 heteroatoms. The van der Waals surface area contributed by atoms with Crippen LogP contribution in [0.25, 0.3) is 0 Å². The van der Waals surface area contributed by atoms with Crippen LogP contribution in [0.3, 0.4) is 0 Å². The minimum Gasteiger partial charge on any atom is -0.0769 e. The lowest BCUT2D eigenvalue weighted by molar-refractivity contribution is 1.45. The summed E-state index contributed by atoms with van der Waals surface area (Å²) in [5, 5.41) is 3.41. The van der Waals surface area contributed by atoms with Crippen molar-refractivity contribution in [2.24, 2.45) is 5.18 Å². The van der Waals surface area contributed by atoms with Gasteiger partial charge >= 0.3 is 6.26 Å². The van der Waals surface area contributed by atoms with Crippen LogP contribution in [0, 0.1) is 4.54 Å². The van der Waals surface area contributed by atoms with Crippen LogP contribution in [0.2, 0.25) is 0 Å². The van der Waals surface area contributed by atoms with Gasteiger partial charge in [-0.05, 0) is 6.92 Å². The number of hydrogen-bond acceptors (Lipinski definition) is 1. The van der Waals surface area contributed by atoms with Crippen molar-refractivity contribution in [3.05, 3.63) is 29.7 Å². The van der Waals surface area contributed by atoms with E-state index in [0.717, 1.165) is 0 Å². The summed E-state index contributed by atoms with van der Waals surface area (Å²) >= 11 is 0. The van der Waals surface area contributed by atoms with E-state index in [1.807, 2.05) is 6.92 Å². The second kappa shape index (κ2) is 5.08. The molecule has 38 valence electrons. The highest BCUT2D eigenvalue weighted by molar-refractivity contribution is 4.85. The fourth-order valence-electron chi connectivity index (χ4n) is 0.139. The minimum absolute atomic E-state index is 1.26. The maximum absolute atomic E-state index is 4.38. The van der Waals surface area contributed by atoms with Crippen LogP contribution in [0.1, 0.15) is 6.92 Å². The number of nitrogens with zero attached hydrogens (tertiary/aromatic N) is 1. The molecule has 0 unspecified atom stereocenters. The van der Waals surface area contributed by atoms with E-state index in [-0.39, 0.29) is 0 Å². The van der Waals surface area contributed by atoms with Gasteiger partial charge in [-0.3, -0.25) is 0 Å². The molecule has 0 aliphatic carbocycles. The van der Waals surface area contributed by atoms with Crippen molar-refractivity contribution in [1.29, 1.82) is 0 Å². The molecule has 0 radical (unpaired) electrons. The number of allylic oxidation sites excluding steroid dienone is 1. The normalized spacial score (nSPS) is 11.0. The molecule has 2 nitrogen and oxygen atoms in total. The van der Waals surface area contributed by atoms with Gasteiger partial charge in [0.25, 0.3) is 0 Å². The fraction of sp³-hybridized carbons (Fsp3) is 0.200. The molecule has 7 heavy (non-hydrogen) atoms. The van der Waals surface area contributed by atoms with Gasteiger partial charge in [-0.1, -0.05) is 10.6 Å². The highest BCUT2D eigenvalue weighted by Crippen LogP contribution is 1.72. The lowest BCUT2D eigenvalue weighted by atomic mass is 10.7. The van der Waals surface area contributed by atoms with E-state index in [4.69, 9.17) is 0 Å². The van der Waals surface area contributed by atoms with E-state index in [9.17, 15) is 0 Å². The molecule has 0 saturated carbocycles. The Bertz CT molecular complexity index is 94.3. The Morgan fingerprint density at radius 1 is 1.71 bits per heavy atom. The predicted octanol–water partition coefficient (Wildman–Crippen LogP) is 1.97. The van der Waals surface area contributed by atoms with Crippen molar-refractivity contribution in [1.82, 2.24) is 0 Å². The van der Waals surface area contributed by atoms with Gasteiger partial charge in [-0.15, -0.1) is 0 Å². The molecule has 0 aromatic heterocycles. The SMILES string of the molecule is C=C[O+]=NC=CC. The topological polar surface area (TPSA) is 23.7 Å². The highest BCUT2D eigenvalue weighted by Gasteiger charge is 1.68. The van der Waals surface area contributed by atoms with Crippen molar-refractivity contribution in [3.63, 3.8) is 0 Å². The van der Waals surface area contributed by atoms with Crippen molar-refractivity contribution in [3.8, 4) is 0 Å². The van der Waals surface area contributed by atoms with Crippen molar-refractivity contribution >= 4 is 0 Å². The zero-order chi connectivity index (χ0) is 5.54. The summed E-state index contributed by atoms with van der Waals surface area (Å²) in [4.78, 5) is 0. The van der Waals surface area contributed by atoms with Crippen molar-refractivity contribution in [2.75, 3.05) is 0 Å². The third-order valence-electron chi connectivity index (χ3n) is 0.345. The smallest absolute Gasteiger partial charge is 0.0769 e. The number of hydrogen-bond donors (Lipinski definition) is 0. The van der Waals surface area contributed by atoms with Crippen LogP contribution in [-0.2, 0) is 0 Å². The first kappa shape index (κ1) is 6.08. The summed E-state index contributed by atoms with van der Waals surface area (Å²) in [5.74, 6) is 0. The number of nitroso groups, excluding NO2 is 1. The minimum atomic E-state index is 1.26. The van der Waals surface area contributed by atoms with Gasteiger partial charge in [0.15, 0.2) is 5.18 Å². The van der Waals surface area contributed by atoms with E-state index < -0.39 is 0 Å². The molecule has 0 aliphatic heterocycles. The summed E-state index contributed by atoms with van der Waals surface area (Å²) in [6.45, 7) is 5.14. The summed E-state index contributed by atoms with van der Waals surface area (Å²) in [7, 11) is 0. The lowest BCUT2D eigenvalue weighted by Gasteiger charge is -1.51. The van der Waals surface area contributed by atoms with E-state index in [2.05, 4.69) is 16.3 Å². The van der Waals surface area contributed by atoms with Crippen LogP contribution in [-0.4, -0.2) is 0 Å². The van der Waals surface area contributed by atoms with Crippen LogP contribution < -0.4 is 0 Å². The molecule has 0 N–H and O–H groups in total. The second-order valence-electron chi connectivity index (χ2n) is 0.860. The molecule has 0 saturated heterocycles. The Hall–Kier alpha value is -0.920. The quantitative estimate of drug-likeness (QED) is 0.372. The maximum Gasteiger partial charge on any atom is 0.357 e. The summed E-state index contributed by atoms with van der Waals surface area (Å²) in [6.07, 6.45) is 4.57. The molecule has 0 spiro atoms. The summed E-state index contributed by atoms with van der Waals surface area (Å²) < 4.78 is 4.38. The third-order valence-corrected chi connectivity index (χ3v) is 0.345. The Morgan fingerprint density at radius 3 is 2.86 bits per heavy atom. The number of rotatable bonds is 2. The van der Waals surface area contributed by atoms with Gasteiger partial charge in [0, 0.05) is 6.58 Å². The van der Waals surface area contributed by atoms with E-state index >= 15 is 0 Å². The molecule has 0 atom stereocenters. The van der Waals surface area contributed by atoms with E-state index in [1.165, 1.54) is 6.26 Å². The van der Waals surface area contributed by atoms with Gasteiger partial charge in [0.05, 0.1) is 0 Å². The van der Waals surface area contributed by atoms with Gasteiger partial charge in [-0.25, -0.2) is 0 Å². The summed E-state index contributed by atoms with van der Waals surface area (Å²) in [6, 6.07) is 0. The van der Waals surface area contributed by atoms with E-state index in [0.29, 0.717) is 0 Å². The fourth-order valence-corrected chi connectivity index (χ4v) is 0.139. The maximum atomic E-state index is 4.38. The molecule has 0 heterocycles. The standard InChI is InChI=1S/C5H8NO/c1-3-5-6-7-4-2/h3-5H,2H2,1H3/q+1. The molecule has 0 amide bonds. The monoisotopic (exact) mass is 98.1 g/mol.